The second kappa shape index (κ2) is 4.57. The summed E-state index contributed by atoms with van der Waals surface area (Å²) in [5.41, 5.74) is 5.14. The lowest BCUT2D eigenvalue weighted by atomic mass is 10.3. The van der Waals surface area contributed by atoms with Gasteiger partial charge in [0.15, 0.2) is 5.76 Å². The maximum Gasteiger partial charge on any atom is 0.236 e. The van der Waals surface area contributed by atoms with Crippen molar-refractivity contribution in [2.75, 3.05) is 20.1 Å². The van der Waals surface area contributed by atoms with Crippen LogP contribution in [0.1, 0.15) is 10.6 Å². The molecule has 0 fully saturated rings. The molecule has 0 saturated carbocycles. The van der Waals surface area contributed by atoms with Gasteiger partial charge in [0.25, 0.3) is 0 Å². The highest BCUT2D eigenvalue weighted by atomic mass is 16.3. The number of nitrogens with two attached hydrogens (primary N) is 1. The molecule has 0 bridgehead atoms. The zero-order chi connectivity index (χ0) is 10.6. The predicted octanol–water partition coefficient (Wildman–Crippen LogP) is -0.121. The van der Waals surface area contributed by atoms with Crippen molar-refractivity contribution in [2.24, 2.45) is 5.73 Å². The topological polar surface area (TPSA) is 76.5 Å². The fourth-order valence-corrected chi connectivity index (χ4v) is 0.975. The van der Waals surface area contributed by atoms with Crippen LogP contribution in [0.25, 0.3) is 0 Å². The van der Waals surface area contributed by atoms with Crippen molar-refractivity contribution in [3.05, 3.63) is 24.2 Å². The smallest absolute Gasteiger partial charge is 0.236 e. The standard InChI is InChI=1S/C9H12N2O3/c1-11(9(13)5-10)6-7(12)8-3-2-4-14-8/h2-4H,5-6,10H2,1H3. The van der Waals surface area contributed by atoms with Crippen LogP contribution in [0.5, 0.6) is 0 Å². The Morgan fingerprint density at radius 3 is 2.79 bits per heavy atom. The van der Waals surface area contributed by atoms with Gasteiger partial charge in [-0.05, 0) is 12.1 Å². The lowest BCUT2D eigenvalue weighted by Gasteiger charge is -2.13. The highest BCUT2D eigenvalue weighted by Crippen LogP contribution is 2.02. The lowest BCUT2D eigenvalue weighted by molar-refractivity contribution is -0.127. The van der Waals surface area contributed by atoms with E-state index in [0.717, 1.165) is 0 Å². The van der Waals surface area contributed by atoms with Crippen molar-refractivity contribution >= 4 is 11.7 Å². The second-order valence-electron chi connectivity index (χ2n) is 2.85. The van der Waals surface area contributed by atoms with Gasteiger partial charge < -0.3 is 15.1 Å². The van der Waals surface area contributed by atoms with E-state index in [0.29, 0.717) is 0 Å². The minimum atomic E-state index is -0.273. The molecular weight excluding hydrogens is 184 g/mol. The Morgan fingerprint density at radius 1 is 1.57 bits per heavy atom. The lowest BCUT2D eigenvalue weighted by Crippen LogP contribution is -2.36. The summed E-state index contributed by atoms with van der Waals surface area (Å²) in [7, 11) is 1.52. The number of Topliss-reactive ketones (excluding diaryl/α,β-unsaturated/α-hetero) is 1. The Kier molecular flexibility index (Phi) is 3.41. The van der Waals surface area contributed by atoms with Crippen molar-refractivity contribution in [1.29, 1.82) is 0 Å². The number of carbonyl (C=O) groups is 2. The molecule has 1 amide bonds. The van der Waals surface area contributed by atoms with Gasteiger partial charge in [0.1, 0.15) is 0 Å². The third-order valence-electron chi connectivity index (χ3n) is 1.78. The first-order chi connectivity index (χ1) is 6.65. The first-order valence-corrected chi connectivity index (χ1v) is 4.16. The van der Waals surface area contributed by atoms with Gasteiger partial charge in [-0.2, -0.15) is 0 Å². The van der Waals surface area contributed by atoms with E-state index in [-0.39, 0.29) is 30.5 Å². The average molecular weight is 196 g/mol. The van der Waals surface area contributed by atoms with Crippen molar-refractivity contribution in [2.45, 2.75) is 0 Å². The summed E-state index contributed by atoms with van der Waals surface area (Å²) in [4.78, 5) is 23.7. The van der Waals surface area contributed by atoms with Crippen LogP contribution in [0.2, 0.25) is 0 Å². The van der Waals surface area contributed by atoms with Crippen LogP contribution in [0.4, 0.5) is 0 Å². The normalized spacial score (nSPS) is 9.86. The van der Waals surface area contributed by atoms with Gasteiger partial charge in [-0.1, -0.05) is 0 Å². The van der Waals surface area contributed by atoms with Crippen LogP contribution < -0.4 is 5.73 Å². The Balaban J connectivity index is 2.53. The third-order valence-corrected chi connectivity index (χ3v) is 1.78. The average Bonchev–Trinajstić information content (AvgIpc) is 2.69. The number of hydrogen-bond acceptors (Lipinski definition) is 4. The number of carbonyl (C=O) groups excluding carboxylic acids is 2. The molecule has 1 rings (SSSR count). The molecule has 0 saturated heterocycles. The van der Waals surface area contributed by atoms with E-state index in [1.54, 1.807) is 12.1 Å². The molecule has 0 unspecified atom stereocenters. The Morgan fingerprint density at radius 2 is 2.29 bits per heavy atom. The maximum atomic E-state index is 11.4. The van der Waals surface area contributed by atoms with Crippen molar-refractivity contribution < 1.29 is 14.0 Å². The molecule has 0 spiro atoms. The van der Waals surface area contributed by atoms with Gasteiger partial charge >= 0.3 is 0 Å². The molecular formula is C9H12N2O3. The van der Waals surface area contributed by atoms with E-state index in [4.69, 9.17) is 10.2 Å². The number of likely N-dealkylation sites (N-methyl/N-ethyl adjacent to an activating group) is 1. The van der Waals surface area contributed by atoms with Crippen LogP contribution in [0, 0.1) is 0 Å². The van der Waals surface area contributed by atoms with Gasteiger partial charge in [0, 0.05) is 7.05 Å². The molecule has 1 heterocycles. The molecule has 76 valence electrons. The molecule has 0 aliphatic carbocycles. The van der Waals surface area contributed by atoms with E-state index in [1.165, 1.54) is 18.2 Å². The number of rotatable bonds is 4. The Bertz CT molecular complexity index is 319. The fourth-order valence-electron chi connectivity index (χ4n) is 0.975. The van der Waals surface area contributed by atoms with Gasteiger partial charge in [-0.3, -0.25) is 9.59 Å². The number of ketones is 1. The van der Waals surface area contributed by atoms with E-state index >= 15 is 0 Å². The van der Waals surface area contributed by atoms with Crippen molar-refractivity contribution in [3.8, 4) is 0 Å². The molecule has 1 aromatic rings. The first-order valence-electron chi connectivity index (χ1n) is 4.16. The molecule has 0 radical (unpaired) electrons. The third kappa shape index (κ3) is 2.43. The van der Waals surface area contributed by atoms with E-state index < -0.39 is 0 Å². The zero-order valence-corrected chi connectivity index (χ0v) is 7.90. The van der Waals surface area contributed by atoms with E-state index in [1.807, 2.05) is 0 Å². The second-order valence-corrected chi connectivity index (χ2v) is 2.85. The molecule has 2 N–H and O–H groups in total. The number of furan rings is 1. The minimum absolute atomic E-state index is 0.0104. The molecule has 0 aliphatic rings. The number of hydrogen-bond donors (Lipinski definition) is 1. The molecule has 0 aliphatic heterocycles. The van der Waals surface area contributed by atoms with E-state index in [2.05, 4.69) is 0 Å². The monoisotopic (exact) mass is 196 g/mol. The number of amides is 1. The van der Waals surface area contributed by atoms with E-state index in [9.17, 15) is 9.59 Å². The van der Waals surface area contributed by atoms with Crippen molar-refractivity contribution in [1.82, 2.24) is 4.90 Å². The van der Waals surface area contributed by atoms with Gasteiger partial charge in [0.05, 0.1) is 19.4 Å². The molecule has 5 heteroatoms. The quantitative estimate of drug-likeness (QED) is 0.681. The first kappa shape index (κ1) is 10.5. The Hall–Kier alpha value is -1.62. The number of nitrogens with zero attached hydrogens (tertiary/aromatic N) is 1. The fraction of sp³-hybridized carbons (Fsp3) is 0.333. The van der Waals surface area contributed by atoms with Crippen LogP contribution in [0.15, 0.2) is 22.8 Å². The predicted molar refractivity (Wildman–Crippen MR) is 49.7 cm³/mol. The molecule has 1 aromatic heterocycles. The van der Waals surface area contributed by atoms with Crippen LogP contribution in [-0.4, -0.2) is 36.7 Å². The van der Waals surface area contributed by atoms with Crippen LogP contribution >= 0.6 is 0 Å². The van der Waals surface area contributed by atoms with Gasteiger partial charge in [-0.15, -0.1) is 0 Å². The summed E-state index contributed by atoms with van der Waals surface area (Å²) in [6, 6.07) is 3.18. The molecule has 0 atom stereocenters. The van der Waals surface area contributed by atoms with Gasteiger partial charge in [-0.25, -0.2) is 0 Å². The Labute approximate surface area is 81.5 Å². The molecule has 5 nitrogen and oxygen atoms in total. The summed E-state index contributed by atoms with van der Waals surface area (Å²) in [5, 5.41) is 0. The SMILES string of the molecule is CN(CC(=O)c1ccco1)C(=O)CN. The minimum Gasteiger partial charge on any atom is -0.461 e. The summed E-state index contributed by atoms with van der Waals surface area (Å²) in [6.45, 7) is -0.106. The van der Waals surface area contributed by atoms with Gasteiger partial charge in [0.2, 0.25) is 11.7 Å². The van der Waals surface area contributed by atoms with Crippen LogP contribution in [-0.2, 0) is 4.79 Å². The highest BCUT2D eigenvalue weighted by molar-refractivity contribution is 5.97. The zero-order valence-electron chi connectivity index (χ0n) is 7.90. The maximum absolute atomic E-state index is 11.4. The molecule has 14 heavy (non-hydrogen) atoms. The van der Waals surface area contributed by atoms with Crippen LogP contribution in [0.3, 0.4) is 0 Å². The summed E-state index contributed by atoms with van der Waals surface area (Å²) in [5.74, 6) is -0.258. The van der Waals surface area contributed by atoms with Crippen molar-refractivity contribution in [3.63, 3.8) is 0 Å². The summed E-state index contributed by atoms with van der Waals surface area (Å²) < 4.78 is 4.89. The molecule has 0 aromatic carbocycles. The largest absolute Gasteiger partial charge is 0.461 e. The highest BCUT2D eigenvalue weighted by Gasteiger charge is 2.14. The summed E-state index contributed by atoms with van der Waals surface area (Å²) in [6.07, 6.45) is 1.41. The summed E-state index contributed by atoms with van der Waals surface area (Å²) >= 11 is 0.